The second-order valence-electron chi connectivity index (χ2n) is 1.86. The molecule has 1 heterocycles. The molecule has 3 heteroatoms. The molecule has 0 N–H and O–H groups in total. The number of hydrogen-bond donors (Lipinski definition) is 0. The maximum Gasteiger partial charge on any atom is 0.227 e. The zero-order chi connectivity index (χ0) is 5.98. The van der Waals surface area contributed by atoms with Crippen LogP contribution >= 0.6 is 11.6 Å². The molecule has 0 bridgehead atoms. The molecular formula is C5H7ClO2. The van der Waals surface area contributed by atoms with Crippen LogP contribution in [0.25, 0.3) is 0 Å². The van der Waals surface area contributed by atoms with E-state index in [0.717, 1.165) is 6.42 Å². The van der Waals surface area contributed by atoms with Gasteiger partial charge >= 0.3 is 0 Å². The van der Waals surface area contributed by atoms with Crippen molar-refractivity contribution in [3.8, 4) is 0 Å². The first-order valence-electron chi connectivity index (χ1n) is 2.58. The highest BCUT2D eigenvalue weighted by atomic mass is 35.5. The Morgan fingerprint density at radius 3 is 2.75 bits per heavy atom. The predicted molar refractivity (Wildman–Crippen MR) is 29.8 cm³/mol. The normalized spacial score (nSPS) is 28.4. The van der Waals surface area contributed by atoms with Gasteiger partial charge < -0.3 is 4.74 Å². The molecule has 0 saturated carbocycles. The fraction of sp³-hybridized carbons (Fsp3) is 0.800. The first-order chi connectivity index (χ1) is 3.80. The Labute approximate surface area is 52.8 Å². The number of rotatable bonds is 1. The second-order valence-corrected chi connectivity index (χ2v) is 2.24. The molecule has 1 saturated heterocycles. The Bertz CT molecular complexity index is 96.6. The smallest absolute Gasteiger partial charge is 0.227 e. The van der Waals surface area contributed by atoms with Crippen LogP contribution in [0.2, 0.25) is 0 Å². The fourth-order valence-corrected chi connectivity index (χ4v) is 0.886. The Balaban J connectivity index is 2.35. The molecule has 0 spiro atoms. The molecule has 0 aliphatic carbocycles. The van der Waals surface area contributed by atoms with Crippen LogP contribution in [-0.4, -0.2) is 18.5 Å². The van der Waals surface area contributed by atoms with E-state index in [9.17, 15) is 4.79 Å². The molecule has 1 atom stereocenters. The summed E-state index contributed by atoms with van der Waals surface area (Å²) in [4.78, 5) is 10.3. The number of halogens is 1. The van der Waals surface area contributed by atoms with E-state index >= 15 is 0 Å². The maximum absolute atomic E-state index is 10.3. The molecule has 2 nitrogen and oxygen atoms in total. The molecule has 1 rings (SSSR count). The SMILES string of the molecule is O=C(Cl)[C@H]1CCOC1. The van der Waals surface area contributed by atoms with E-state index in [2.05, 4.69) is 0 Å². The molecule has 0 aromatic carbocycles. The Morgan fingerprint density at radius 2 is 2.50 bits per heavy atom. The van der Waals surface area contributed by atoms with Crippen molar-refractivity contribution in [2.45, 2.75) is 6.42 Å². The van der Waals surface area contributed by atoms with E-state index in [1.54, 1.807) is 0 Å². The average Bonchev–Trinajstić information content (AvgIpc) is 2.12. The summed E-state index contributed by atoms with van der Waals surface area (Å²) in [6, 6.07) is 0. The zero-order valence-corrected chi connectivity index (χ0v) is 5.15. The van der Waals surface area contributed by atoms with Gasteiger partial charge in [-0.3, -0.25) is 4.79 Å². The molecule has 0 radical (unpaired) electrons. The first kappa shape index (κ1) is 6.05. The molecule has 46 valence electrons. The summed E-state index contributed by atoms with van der Waals surface area (Å²) in [5.41, 5.74) is 0. The van der Waals surface area contributed by atoms with Gasteiger partial charge in [0.2, 0.25) is 5.24 Å². The predicted octanol–water partition coefficient (Wildman–Crippen LogP) is 0.788. The van der Waals surface area contributed by atoms with Crippen molar-refractivity contribution in [1.29, 1.82) is 0 Å². The Hall–Kier alpha value is -0.0800. The van der Waals surface area contributed by atoms with Gasteiger partial charge in [0.05, 0.1) is 12.5 Å². The largest absolute Gasteiger partial charge is 0.381 e. The van der Waals surface area contributed by atoms with Gasteiger partial charge in [-0.2, -0.15) is 0 Å². The summed E-state index contributed by atoms with van der Waals surface area (Å²) < 4.78 is 4.91. The lowest BCUT2D eigenvalue weighted by molar-refractivity contribution is -0.115. The minimum Gasteiger partial charge on any atom is -0.381 e. The van der Waals surface area contributed by atoms with Crippen molar-refractivity contribution < 1.29 is 9.53 Å². The summed E-state index contributed by atoms with van der Waals surface area (Å²) in [5.74, 6) is -0.0309. The van der Waals surface area contributed by atoms with Gasteiger partial charge in [-0.1, -0.05) is 0 Å². The lowest BCUT2D eigenvalue weighted by atomic mass is 10.1. The van der Waals surface area contributed by atoms with Gasteiger partial charge in [0, 0.05) is 6.61 Å². The number of hydrogen-bond acceptors (Lipinski definition) is 2. The fourth-order valence-electron chi connectivity index (χ4n) is 0.714. The highest BCUT2D eigenvalue weighted by Crippen LogP contribution is 2.14. The van der Waals surface area contributed by atoms with Crippen molar-refractivity contribution in [3.63, 3.8) is 0 Å². The van der Waals surface area contributed by atoms with Gasteiger partial charge in [0.1, 0.15) is 0 Å². The minimum atomic E-state index is -0.262. The van der Waals surface area contributed by atoms with Gasteiger partial charge in [0.25, 0.3) is 0 Å². The highest BCUT2D eigenvalue weighted by Gasteiger charge is 2.20. The van der Waals surface area contributed by atoms with E-state index in [0.29, 0.717) is 13.2 Å². The quantitative estimate of drug-likeness (QED) is 0.496. The molecule has 1 aliphatic rings. The zero-order valence-electron chi connectivity index (χ0n) is 4.39. The van der Waals surface area contributed by atoms with Crippen LogP contribution in [0.3, 0.4) is 0 Å². The molecule has 0 aromatic rings. The third-order valence-electron chi connectivity index (χ3n) is 1.25. The van der Waals surface area contributed by atoms with Crippen LogP contribution < -0.4 is 0 Å². The summed E-state index contributed by atoms with van der Waals surface area (Å²) >= 11 is 5.17. The second kappa shape index (κ2) is 2.46. The summed E-state index contributed by atoms with van der Waals surface area (Å²) in [7, 11) is 0. The molecule has 0 amide bonds. The van der Waals surface area contributed by atoms with Crippen molar-refractivity contribution in [3.05, 3.63) is 0 Å². The monoisotopic (exact) mass is 134 g/mol. The highest BCUT2D eigenvalue weighted by molar-refractivity contribution is 6.64. The van der Waals surface area contributed by atoms with Crippen molar-refractivity contribution in [2.75, 3.05) is 13.2 Å². The van der Waals surface area contributed by atoms with E-state index in [1.807, 2.05) is 0 Å². The average molecular weight is 135 g/mol. The maximum atomic E-state index is 10.3. The van der Waals surface area contributed by atoms with Crippen LogP contribution in [-0.2, 0) is 9.53 Å². The number of ether oxygens (including phenoxy) is 1. The van der Waals surface area contributed by atoms with Crippen LogP contribution in [0.15, 0.2) is 0 Å². The molecule has 0 aromatic heterocycles. The van der Waals surface area contributed by atoms with E-state index in [4.69, 9.17) is 16.3 Å². The molecule has 1 fully saturated rings. The third kappa shape index (κ3) is 1.20. The van der Waals surface area contributed by atoms with E-state index < -0.39 is 0 Å². The van der Waals surface area contributed by atoms with Gasteiger partial charge in [-0.25, -0.2) is 0 Å². The topological polar surface area (TPSA) is 26.3 Å². The van der Waals surface area contributed by atoms with Crippen LogP contribution in [0.4, 0.5) is 0 Å². The minimum absolute atomic E-state index is 0.0309. The summed E-state index contributed by atoms with van der Waals surface area (Å²) in [6.45, 7) is 1.20. The Morgan fingerprint density at radius 1 is 1.75 bits per heavy atom. The Kier molecular flexibility index (Phi) is 1.86. The van der Waals surface area contributed by atoms with Crippen LogP contribution in [0.5, 0.6) is 0 Å². The number of carbonyl (C=O) groups is 1. The standard InChI is InChI=1S/C5H7ClO2/c6-5(7)4-1-2-8-3-4/h4H,1-3H2/t4-/m0/s1. The lowest BCUT2D eigenvalue weighted by Gasteiger charge is -1.94. The van der Waals surface area contributed by atoms with Crippen LogP contribution in [0.1, 0.15) is 6.42 Å². The van der Waals surface area contributed by atoms with Gasteiger partial charge in [-0.15, -0.1) is 0 Å². The number of carbonyl (C=O) groups excluding carboxylic acids is 1. The molecular weight excluding hydrogens is 128 g/mol. The lowest BCUT2D eigenvalue weighted by Crippen LogP contribution is -2.06. The first-order valence-corrected chi connectivity index (χ1v) is 2.95. The summed E-state index contributed by atoms with van der Waals surface area (Å²) in [5, 5.41) is -0.262. The molecule has 1 aliphatic heterocycles. The van der Waals surface area contributed by atoms with E-state index in [1.165, 1.54) is 0 Å². The van der Waals surface area contributed by atoms with Gasteiger partial charge in [-0.05, 0) is 18.0 Å². The van der Waals surface area contributed by atoms with Gasteiger partial charge in [0.15, 0.2) is 0 Å². The van der Waals surface area contributed by atoms with Crippen molar-refractivity contribution in [2.24, 2.45) is 5.92 Å². The van der Waals surface area contributed by atoms with E-state index in [-0.39, 0.29) is 11.2 Å². The third-order valence-corrected chi connectivity index (χ3v) is 1.56. The van der Waals surface area contributed by atoms with Crippen molar-refractivity contribution >= 4 is 16.8 Å². The van der Waals surface area contributed by atoms with Crippen LogP contribution in [0, 0.1) is 5.92 Å². The molecule has 0 unspecified atom stereocenters. The van der Waals surface area contributed by atoms with Crippen molar-refractivity contribution in [1.82, 2.24) is 0 Å². The molecule has 8 heavy (non-hydrogen) atoms. The summed E-state index contributed by atoms with van der Waals surface area (Å²) in [6.07, 6.45) is 0.794.